The minimum atomic E-state index is -0.900. The van der Waals surface area contributed by atoms with Gasteiger partial charge in [0.15, 0.2) is 5.82 Å². The van der Waals surface area contributed by atoms with Crippen molar-refractivity contribution in [2.45, 2.75) is 53.0 Å². The molecule has 2 fully saturated rings. The molecule has 1 spiro atoms. The number of halogens is 3. The van der Waals surface area contributed by atoms with E-state index in [9.17, 15) is 13.6 Å². The summed E-state index contributed by atoms with van der Waals surface area (Å²) in [5.74, 6) is -1.94. The number of aliphatic hydroxyl groups is 1. The molecule has 0 aromatic heterocycles. The largest absolute Gasteiger partial charge is 0.673 e. The summed E-state index contributed by atoms with van der Waals surface area (Å²) in [4.78, 5) is 13.9. The molecular weight excluding hydrogens is 584 g/mol. The molecule has 0 atom stereocenters. The van der Waals surface area contributed by atoms with Crippen molar-refractivity contribution in [2.24, 2.45) is 11.3 Å². The maximum atomic E-state index is 13.7. The Bertz CT molecular complexity index is 682. The summed E-state index contributed by atoms with van der Waals surface area (Å²) in [7, 11) is 0. The van der Waals surface area contributed by atoms with Crippen LogP contribution < -0.4 is 5.32 Å². The zero-order chi connectivity index (χ0) is 22.4. The minimum Gasteiger partial charge on any atom is -0.673 e. The molecule has 1 aromatic carbocycles. The molecular formula is C21H33ClF2N3O2W-. The Labute approximate surface area is 198 Å². The number of amides is 1. The third kappa shape index (κ3) is 8.88. The molecule has 172 valence electrons. The van der Waals surface area contributed by atoms with Crippen LogP contribution in [0, 0.1) is 23.0 Å². The van der Waals surface area contributed by atoms with E-state index in [1.54, 1.807) is 0 Å². The molecule has 2 aliphatic rings. The standard InChI is InChI=1S/C15H17ClF2N2O2.C4H10N.C2H6.W/c16-12-2-10(17)1-11(13(12)18)14(22)19-5-9-3-15(4-9)6-20(7-15)8-21;1-4(2,3)5;1-2;/h1-2,9,21H,3-8H2,(H,19,22);5H,1-3H3;1-2H3;/q;-1;;. The fourth-order valence-electron chi connectivity index (χ4n) is 3.62. The fourth-order valence-corrected chi connectivity index (χ4v) is 3.83. The van der Waals surface area contributed by atoms with Crippen LogP contribution in [0.1, 0.15) is 57.8 Å². The van der Waals surface area contributed by atoms with Crippen molar-refractivity contribution in [3.8, 4) is 0 Å². The molecule has 3 N–H and O–H groups in total. The van der Waals surface area contributed by atoms with Gasteiger partial charge >= 0.3 is 0 Å². The van der Waals surface area contributed by atoms with E-state index in [2.05, 4.69) is 5.32 Å². The van der Waals surface area contributed by atoms with Gasteiger partial charge in [0.2, 0.25) is 0 Å². The van der Waals surface area contributed by atoms with Crippen LogP contribution in [0.3, 0.4) is 0 Å². The summed E-state index contributed by atoms with van der Waals surface area (Å²) in [5.41, 5.74) is 6.60. The molecule has 1 amide bonds. The van der Waals surface area contributed by atoms with E-state index in [4.69, 9.17) is 22.4 Å². The average Bonchev–Trinajstić information content (AvgIpc) is 2.55. The number of benzene rings is 1. The predicted octanol–water partition coefficient (Wildman–Crippen LogP) is 4.87. The van der Waals surface area contributed by atoms with E-state index >= 15 is 0 Å². The molecule has 9 heteroatoms. The van der Waals surface area contributed by atoms with Crippen LogP contribution in [0.15, 0.2) is 12.1 Å². The molecule has 1 saturated heterocycles. The summed E-state index contributed by atoms with van der Waals surface area (Å²) in [6.07, 6.45) is 1.96. The normalized spacial score (nSPS) is 17.3. The van der Waals surface area contributed by atoms with Gasteiger partial charge in [0, 0.05) is 40.7 Å². The molecule has 3 rings (SSSR count). The first-order chi connectivity index (χ1) is 13.4. The summed E-state index contributed by atoms with van der Waals surface area (Å²) in [6.45, 7) is 11.9. The van der Waals surface area contributed by atoms with E-state index in [0.717, 1.165) is 38.1 Å². The Kier molecular flexibility index (Phi) is 12.2. The summed E-state index contributed by atoms with van der Waals surface area (Å²) < 4.78 is 26.9. The molecule has 0 unspecified atom stereocenters. The number of likely N-dealkylation sites (tertiary alicyclic amines) is 1. The van der Waals surface area contributed by atoms with Crippen LogP contribution in [0.4, 0.5) is 8.78 Å². The number of rotatable bonds is 4. The fraction of sp³-hybridized carbons (Fsp3) is 0.667. The minimum absolute atomic E-state index is 0. The first-order valence-corrected chi connectivity index (χ1v) is 10.3. The van der Waals surface area contributed by atoms with Crippen LogP contribution in [-0.4, -0.2) is 47.8 Å². The van der Waals surface area contributed by atoms with Gasteiger partial charge < -0.3 is 16.2 Å². The quantitative estimate of drug-likeness (QED) is 0.474. The zero-order valence-corrected chi connectivity index (χ0v) is 22.0. The third-order valence-corrected chi connectivity index (χ3v) is 4.83. The maximum Gasteiger partial charge on any atom is 0.254 e. The first-order valence-electron chi connectivity index (χ1n) is 9.93. The molecule has 30 heavy (non-hydrogen) atoms. The Hall–Kier alpha value is -0.592. The zero-order valence-electron chi connectivity index (χ0n) is 18.3. The topological polar surface area (TPSA) is 76.4 Å². The number of nitrogens with one attached hydrogen (secondary N) is 2. The maximum absolute atomic E-state index is 13.7. The molecule has 1 heterocycles. The van der Waals surface area contributed by atoms with E-state index in [1.807, 2.05) is 39.5 Å². The van der Waals surface area contributed by atoms with Gasteiger partial charge in [-0.25, -0.2) is 8.78 Å². The predicted molar refractivity (Wildman–Crippen MR) is 113 cm³/mol. The van der Waals surface area contributed by atoms with Crippen LogP contribution in [-0.2, 0) is 21.1 Å². The van der Waals surface area contributed by atoms with Crippen molar-refractivity contribution in [1.82, 2.24) is 10.2 Å². The first kappa shape index (κ1) is 29.4. The van der Waals surface area contributed by atoms with Crippen molar-refractivity contribution >= 4 is 17.5 Å². The third-order valence-electron chi connectivity index (χ3n) is 4.55. The number of hydrogen-bond acceptors (Lipinski definition) is 3. The summed E-state index contributed by atoms with van der Waals surface area (Å²) in [5, 5.41) is 11.2. The van der Waals surface area contributed by atoms with Gasteiger partial charge in [-0.3, -0.25) is 9.69 Å². The SMILES string of the molecule is CC.CC(C)(C)[NH-].O=C(NCC1CC2(C1)CN(CO)C2)c1cc(F)cc(Cl)c1F.[W]. The summed E-state index contributed by atoms with van der Waals surface area (Å²) >= 11 is 5.54. The monoisotopic (exact) mass is 616 g/mol. The molecule has 0 radical (unpaired) electrons. The smallest absolute Gasteiger partial charge is 0.254 e. The van der Waals surface area contributed by atoms with Crippen molar-refractivity contribution in [2.75, 3.05) is 26.4 Å². The Morgan fingerprint density at radius 3 is 2.27 bits per heavy atom. The second-order valence-electron chi connectivity index (χ2n) is 8.61. The molecule has 1 aliphatic carbocycles. The summed E-state index contributed by atoms with van der Waals surface area (Å²) in [6, 6.07) is 1.69. The van der Waals surface area contributed by atoms with Gasteiger partial charge in [-0.05, 0) is 36.3 Å². The van der Waals surface area contributed by atoms with Gasteiger partial charge in [0.05, 0.1) is 17.3 Å². The number of aliphatic hydroxyl groups excluding tert-OH is 1. The number of hydrogen-bond donors (Lipinski definition) is 2. The number of carbonyl (C=O) groups excluding carboxylic acids is 1. The van der Waals surface area contributed by atoms with Crippen molar-refractivity contribution < 1.29 is 39.7 Å². The van der Waals surface area contributed by atoms with Gasteiger partial charge in [-0.15, -0.1) is 5.54 Å². The molecule has 0 bridgehead atoms. The Balaban J connectivity index is 0.000000927. The second-order valence-corrected chi connectivity index (χ2v) is 9.02. The molecule has 5 nitrogen and oxygen atoms in total. The van der Waals surface area contributed by atoms with Crippen molar-refractivity contribution in [3.63, 3.8) is 0 Å². The molecule has 1 aliphatic heterocycles. The number of nitrogens with zero attached hydrogens (tertiary/aromatic N) is 1. The van der Waals surface area contributed by atoms with Crippen LogP contribution in [0.5, 0.6) is 0 Å². The Morgan fingerprint density at radius 2 is 1.80 bits per heavy atom. The van der Waals surface area contributed by atoms with Gasteiger partial charge in [-0.2, -0.15) is 0 Å². The number of carbonyl (C=O) groups is 1. The van der Waals surface area contributed by atoms with E-state index < -0.39 is 22.6 Å². The van der Waals surface area contributed by atoms with Gasteiger partial charge in [-0.1, -0.05) is 46.2 Å². The van der Waals surface area contributed by atoms with Crippen LogP contribution in [0.25, 0.3) is 5.73 Å². The van der Waals surface area contributed by atoms with Gasteiger partial charge in [0.25, 0.3) is 5.91 Å². The molecule has 1 saturated carbocycles. The molecule has 1 aromatic rings. The van der Waals surface area contributed by atoms with E-state index in [1.165, 1.54) is 0 Å². The van der Waals surface area contributed by atoms with Crippen molar-refractivity contribution in [1.29, 1.82) is 0 Å². The van der Waals surface area contributed by atoms with E-state index in [0.29, 0.717) is 12.5 Å². The van der Waals surface area contributed by atoms with Crippen molar-refractivity contribution in [3.05, 3.63) is 40.1 Å². The van der Waals surface area contributed by atoms with Crippen LogP contribution >= 0.6 is 11.6 Å². The second kappa shape index (κ2) is 12.4. The van der Waals surface area contributed by atoms with Crippen LogP contribution in [0.2, 0.25) is 5.02 Å². The van der Waals surface area contributed by atoms with E-state index in [-0.39, 0.29) is 44.3 Å². The van der Waals surface area contributed by atoms with Gasteiger partial charge in [0.1, 0.15) is 5.82 Å². The average molecular weight is 617 g/mol. The Morgan fingerprint density at radius 1 is 1.30 bits per heavy atom.